The summed E-state index contributed by atoms with van der Waals surface area (Å²) in [5.41, 5.74) is 4.68. The second-order valence-electron chi connectivity index (χ2n) is 13.3. The van der Waals surface area contributed by atoms with Crippen LogP contribution in [0.2, 0.25) is 0 Å². The number of rotatable bonds is 11. The van der Waals surface area contributed by atoms with Gasteiger partial charge >= 0.3 is 0 Å². The summed E-state index contributed by atoms with van der Waals surface area (Å²) in [6.45, 7) is 1.95. The van der Waals surface area contributed by atoms with Crippen LogP contribution >= 0.6 is 0 Å². The van der Waals surface area contributed by atoms with Gasteiger partial charge in [0.05, 0.1) is 18.2 Å². The van der Waals surface area contributed by atoms with Crippen molar-refractivity contribution in [2.45, 2.75) is 107 Å². The quantitative estimate of drug-likeness (QED) is 0.229. The van der Waals surface area contributed by atoms with Crippen molar-refractivity contribution in [3.63, 3.8) is 0 Å². The van der Waals surface area contributed by atoms with Gasteiger partial charge in [-0.25, -0.2) is 0 Å². The molecular weight excluding hydrogens is 526 g/mol. The summed E-state index contributed by atoms with van der Waals surface area (Å²) in [5, 5.41) is 9.30. The van der Waals surface area contributed by atoms with E-state index in [1.54, 1.807) is 0 Å². The Bertz CT molecular complexity index is 1380. The molecule has 1 aromatic carbocycles. The van der Waals surface area contributed by atoms with Crippen molar-refractivity contribution in [2.24, 2.45) is 13.0 Å². The smallest absolute Gasteiger partial charge is 0.258 e. The molecule has 3 saturated carbocycles. The third-order valence-electron chi connectivity index (χ3n) is 10.1. The van der Waals surface area contributed by atoms with E-state index in [9.17, 15) is 4.79 Å². The van der Waals surface area contributed by atoms with E-state index in [4.69, 9.17) is 14.4 Å². The highest BCUT2D eigenvalue weighted by Crippen LogP contribution is 2.46. The number of amides is 1. The van der Waals surface area contributed by atoms with E-state index < -0.39 is 0 Å². The van der Waals surface area contributed by atoms with E-state index in [-0.39, 0.29) is 17.2 Å². The Morgan fingerprint density at radius 2 is 1.86 bits per heavy atom. The Labute approximate surface area is 249 Å². The van der Waals surface area contributed by atoms with Crippen molar-refractivity contribution in [2.75, 3.05) is 24.7 Å². The average Bonchev–Trinajstić information content (AvgIpc) is 3.97. The Hall–Kier alpha value is -3.00. The molecule has 42 heavy (non-hydrogen) atoms. The van der Waals surface area contributed by atoms with Crippen LogP contribution in [-0.4, -0.2) is 45.6 Å². The highest BCUT2D eigenvalue weighted by molar-refractivity contribution is 5.95. The van der Waals surface area contributed by atoms with Crippen LogP contribution in [-0.2, 0) is 22.0 Å². The maximum absolute atomic E-state index is 13.9. The van der Waals surface area contributed by atoms with Crippen molar-refractivity contribution < 1.29 is 14.1 Å². The Balaban J connectivity index is 1.07. The predicted molar refractivity (Wildman–Crippen MR) is 161 cm³/mol. The second kappa shape index (κ2) is 11.9. The molecule has 7 rings (SSSR count). The number of aromatic nitrogens is 4. The molecule has 8 heteroatoms. The summed E-state index contributed by atoms with van der Waals surface area (Å²) < 4.78 is 13.5. The molecule has 2 aromatic heterocycles. The molecule has 1 atom stereocenters. The van der Waals surface area contributed by atoms with E-state index in [2.05, 4.69) is 27.9 Å². The maximum atomic E-state index is 13.9. The third kappa shape index (κ3) is 5.92. The highest BCUT2D eigenvalue weighted by atomic mass is 16.5. The first-order chi connectivity index (χ1) is 20.6. The van der Waals surface area contributed by atoms with Crippen molar-refractivity contribution in [3.05, 3.63) is 47.5 Å². The number of nitrogens with zero attached hydrogens (tertiary/aromatic N) is 5. The normalized spacial score (nSPS) is 22.3. The Morgan fingerprint density at radius 1 is 1.02 bits per heavy atom. The van der Waals surface area contributed by atoms with Gasteiger partial charge < -0.3 is 14.2 Å². The lowest BCUT2D eigenvalue weighted by molar-refractivity contribution is -0.126. The van der Waals surface area contributed by atoms with E-state index >= 15 is 0 Å². The van der Waals surface area contributed by atoms with Crippen LogP contribution in [0.1, 0.15) is 119 Å². The molecule has 8 nitrogen and oxygen atoms in total. The number of aryl methyl sites for hydroxylation is 1. The molecule has 0 spiro atoms. The predicted octanol–water partition coefficient (Wildman–Crippen LogP) is 7.06. The molecule has 4 aliphatic rings. The zero-order chi connectivity index (χ0) is 28.5. The first-order valence-electron chi connectivity index (χ1n) is 16.5. The fourth-order valence-electron chi connectivity index (χ4n) is 7.29. The molecule has 1 unspecified atom stereocenters. The van der Waals surface area contributed by atoms with Gasteiger partial charge in [0.2, 0.25) is 5.91 Å². The number of carbonyl (C=O) groups is 1. The summed E-state index contributed by atoms with van der Waals surface area (Å²) >= 11 is 0. The minimum atomic E-state index is -0.0914. The van der Waals surface area contributed by atoms with Crippen LogP contribution in [0.4, 0.5) is 5.69 Å². The first kappa shape index (κ1) is 27.8. The van der Waals surface area contributed by atoms with Crippen LogP contribution in [0.3, 0.4) is 0 Å². The van der Waals surface area contributed by atoms with Crippen LogP contribution in [0.15, 0.2) is 34.9 Å². The molecule has 1 aliphatic heterocycles. The number of benzene rings is 1. The second-order valence-corrected chi connectivity index (χ2v) is 13.3. The van der Waals surface area contributed by atoms with Gasteiger partial charge in [0, 0.05) is 54.4 Å². The first-order valence-corrected chi connectivity index (χ1v) is 16.5. The summed E-state index contributed by atoms with van der Waals surface area (Å²) in [7, 11) is 2.13. The minimum Gasteiger partial charge on any atom is -0.381 e. The van der Waals surface area contributed by atoms with Crippen molar-refractivity contribution >= 4 is 11.6 Å². The van der Waals surface area contributed by atoms with Crippen LogP contribution in [0, 0.1) is 5.92 Å². The van der Waals surface area contributed by atoms with Crippen LogP contribution in [0.5, 0.6) is 0 Å². The number of unbranched alkanes of at least 4 members (excludes halogenated alkanes) is 1. The van der Waals surface area contributed by atoms with Gasteiger partial charge in [-0.15, -0.1) is 0 Å². The summed E-state index contributed by atoms with van der Waals surface area (Å²) in [4.78, 5) is 20.6. The molecule has 0 bridgehead atoms. The average molecular weight is 572 g/mol. The monoisotopic (exact) mass is 571 g/mol. The van der Waals surface area contributed by atoms with Gasteiger partial charge in [-0.3, -0.25) is 9.48 Å². The fraction of sp³-hybridized carbons (Fsp3) is 0.647. The fourth-order valence-corrected chi connectivity index (χ4v) is 7.29. The van der Waals surface area contributed by atoms with Crippen molar-refractivity contribution in [3.8, 4) is 11.5 Å². The standard InChI is InChI=1S/C34H45N5O3/c1-38-29(24-12-13-24)22-30(36-38)34(16-3-2-4-17-34)18-5-6-19-39(33(40)27-10-8-20-41-23-27)28-11-7-9-26(21-28)32-35-31(37-42-32)25-14-15-25/h7,9,11,21-22,24-25,27H,2-6,8,10,12-20,23H2,1H3. The highest BCUT2D eigenvalue weighted by Gasteiger charge is 2.38. The lowest BCUT2D eigenvalue weighted by Crippen LogP contribution is -2.40. The number of ether oxygens (including phenoxy) is 1. The summed E-state index contributed by atoms with van der Waals surface area (Å²) in [6, 6.07) is 10.5. The van der Waals surface area contributed by atoms with Gasteiger partial charge in [-0.1, -0.05) is 36.9 Å². The van der Waals surface area contributed by atoms with Crippen LogP contribution in [0.25, 0.3) is 11.5 Å². The van der Waals surface area contributed by atoms with E-state index in [0.717, 1.165) is 68.6 Å². The molecule has 0 N–H and O–H groups in total. The lowest BCUT2D eigenvalue weighted by Gasteiger charge is -2.36. The topological polar surface area (TPSA) is 86.3 Å². The molecule has 224 valence electrons. The van der Waals surface area contributed by atoms with Crippen molar-refractivity contribution in [1.82, 2.24) is 19.9 Å². The third-order valence-corrected chi connectivity index (χ3v) is 10.1. The molecule has 3 aliphatic carbocycles. The summed E-state index contributed by atoms with van der Waals surface area (Å²) in [5.74, 6) is 2.56. The molecule has 4 fully saturated rings. The maximum Gasteiger partial charge on any atom is 0.258 e. The number of hydrogen-bond acceptors (Lipinski definition) is 6. The SMILES string of the molecule is Cn1nc(C2(CCCCN(C(=O)C3CCCOC3)c3cccc(-c4nc(C5CC5)no4)c3)CCCCC2)cc1C1CC1. The van der Waals surface area contributed by atoms with Crippen LogP contribution < -0.4 is 4.90 Å². The molecule has 1 amide bonds. The van der Waals surface area contributed by atoms with Gasteiger partial charge in [-0.2, -0.15) is 10.1 Å². The van der Waals surface area contributed by atoms with E-state index in [1.165, 1.54) is 56.3 Å². The Morgan fingerprint density at radius 3 is 2.62 bits per heavy atom. The number of anilines is 1. The van der Waals surface area contributed by atoms with Gasteiger partial charge in [0.1, 0.15) is 0 Å². The molecule has 1 saturated heterocycles. The lowest BCUT2D eigenvalue weighted by atomic mass is 9.68. The molecule has 3 aromatic rings. The Kier molecular flexibility index (Phi) is 7.91. The zero-order valence-electron chi connectivity index (χ0n) is 25.1. The van der Waals surface area contributed by atoms with E-state index in [0.29, 0.717) is 30.9 Å². The summed E-state index contributed by atoms with van der Waals surface area (Å²) in [6.07, 6.45) is 16.2. The number of carbonyl (C=O) groups excluding carboxylic acids is 1. The van der Waals surface area contributed by atoms with E-state index in [1.807, 2.05) is 29.2 Å². The molecule has 3 heterocycles. The van der Waals surface area contributed by atoms with Gasteiger partial charge in [-0.05, 0) is 88.5 Å². The molecule has 0 radical (unpaired) electrons. The minimum absolute atomic E-state index is 0.0914. The largest absolute Gasteiger partial charge is 0.381 e. The van der Waals surface area contributed by atoms with Crippen molar-refractivity contribution in [1.29, 1.82) is 0 Å². The molecular formula is C34H45N5O3. The zero-order valence-corrected chi connectivity index (χ0v) is 25.1. The van der Waals surface area contributed by atoms with Gasteiger partial charge in [0.25, 0.3) is 5.89 Å². The number of hydrogen-bond donors (Lipinski definition) is 0. The van der Waals surface area contributed by atoms with Gasteiger partial charge in [0.15, 0.2) is 5.82 Å².